The van der Waals surface area contributed by atoms with Gasteiger partial charge in [-0.15, -0.1) is 10.2 Å². The SMILES string of the molecule is CCOC(=O)c1cn(-c2nncs2)c2nc(N3CCN(C)CC3)c(F)cc2c1=O. The predicted molar refractivity (Wildman–Crippen MR) is 106 cm³/mol. The summed E-state index contributed by atoms with van der Waals surface area (Å²) in [4.78, 5) is 33.6. The number of piperazine rings is 1. The van der Waals surface area contributed by atoms with Crippen molar-refractivity contribution >= 4 is 34.2 Å². The van der Waals surface area contributed by atoms with E-state index in [1.807, 2.05) is 11.9 Å². The Morgan fingerprint density at radius 2 is 2.07 bits per heavy atom. The Labute approximate surface area is 169 Å². The number of ether oxygens (including phenoxy) is 1. The summed E-state index contributed by atoms with van der Waals surface area (Å²) < 4.78 is 21.4. The highest BCUT2D eigenvalue weighted by atomic mass is 32.1. The number of fused-ring (bicyclic) bond motifs is 1. The van der Waals surface area contributed by atoms with Gasteiger partial charge in [-0.1, -0.05) is 11.3 Å². The number of carbonyl (C=O) groups is 1. The summed E-state index contributed by atoms with van der Waals surface area (Å²) >= 11 is 1.21. The smallest absolute Gasteiger partial charge is 0.343 e. The van der Waals surface area contributed by atoms with Crippen LogP contribution in [0.2, 0.25) is 0 Å². The molecule has 3 aromatic heterocycles. The normalized spacial score (nSPS) is 15.1. The summed E-state index contributed by atoms with van der Waals surface area (Å²) in [6, 6.07) is 1.14. The van der Waals surface area contributed by atoms with Crippen LogP contribution < -0.4 is 10.3 Å². The van der Waals surface area contributed by atoms with Crippen molar-refractivity contribution in [2.75, 3.05) is 44.7 Å². The summed E-state index contributed by atoms with van der Waals surface area (Å²) in [5, 5.41) is 8.22. The second-order valence-corrected chi connectivity index (χ2v) is 7.45. The summed E-state index contributed by atoms with van der Waals surface area (Å²) in [5.41, 5.74) is 0.905. The number of anilines is 1. The van der Waals surface area contributed by atoms with Crippen LogP contribution in [0.5, 0.6) is 0 Å². The van der Waals surface area contributed by atoms with Crippen LogP contribution in [-0.2, 0) is 4.74 Å². The molecule has 9 nitrogen and oxygen atoms in total. The fraction of sp³-hybridized carbons (Fsp3) is 0.389. The lowest BCUT2D eigenvalue weighted by molar-refractivity contribution is 0.0524. The molecule has 11 heteroatoms. The Morgan fingerprint density at radius 3 is 2.72 bits per heavy atom. The highest BCUT2D eigenvalue weighted by Crippen LogP contribution is 2.24. The molecule has 152 valence electrons. The van der Waals surface area contributed by atoms with Gasteiger partial charge in [0, 0.05) is 32.4 Å². The fourth-order valence-corrected chi connectivity index (χ4v) is 3.76. The van der Waals surface area contributed by atoms with Gasteiger partial charge in [0.05, 0.1) is 12.0 Å². The number of carbonyl (C=O) groups excluding carboxylic acids is 1. The highest BCUT2D eigenvalue weighted by Gasteiger charge is 2.24. The number of aromatic nitrogens is 4. The van der Waals surface area contributed by atoms with Crippen molar-refractivity contribution in [2.24, 2.45) is 0 Å². The molecular weight excluding hydrogens is 399 g/mol. The van der Waals surface area contributed by atoms with Crippen LogP contribution in [0.3, 0.4) is 0 Å². The van der Waals surface area contributed by atoms with E-state index in [1.165, 1.54) is 27.6 Å². The van der Waals surface area contributed by atoms with Crippen LogP contribution >= 0.6 is 11.3 Å². The van der Waals surface area contributed by atoms with Crippen molar-refractivity contribution in [1.82, 2.24) is 24.6 Å². The maximum Gasteiger partial charge on any atom is 0.343 e. The molecule has 29 heavy (non-hydrogen) atoms. The molecule has 0 atom stereocenters. The number of pyridine rings is 2. The van der Waals surface area contributed by atoms with E-state index in [0.717, 1.165) is 19.2 Å². The lowest BCUT2D eigenvalue weighted by Crippen LogP contribution is -2.45. The van der Waals surface area contributed by atoms with E-state index in [1.54, 1.807) is 6.92 Å². The van der Waals surface area contributed by atoms with Gasteiger partial charge in [-0.25, -0.2) is 14.2 Å². The number of likely N-dealkylation sites (N-methyl/N-ethyl adjacent to an activating group) is 1. The second-order valence-electron chi connectivity index (χ2n) is 6.64. The third-order valence-corrected chi connectivity index (χ3v) is 5.45. The molecule has 1 fully saturated rings. The molecule has 1 aliphatic heterocycles. The first-order chi connectivity index (χ1) is 14.0. The van der Waals surface area contributed by atoms with Crippen LogP contribution in [-0.4, -0.2) is 70.5 Å². The monoisotopic (exact) mass is 418 g/mol. The Morgan fingerprint density at radius 1 is 1.31 bits per heavy atom. The Hall–Kier alpha value is -2.92. The van der Waals surface area contributed by atoms with Gasteiger partial charge >= 0.3 is 5.97 Å². The van der Waals surface area contributed by atoms with E-state index < -0.39 is 17.2 Å². The van der Waals surface area contributed by atoms with Crippen LogP contribution in [0.25, 0.3) is 16.2 Å². The molecule has 3 aromatic rings. The summed E-state index contributed by atoms with van der Waals surface area (Å²) in [7, 11) is 2.01. The van der Waals surface area contributed by atoms with Crippen molar-refractivity contribution in [2.45, 2.75) is 6.92 Å². The minimum atomic E-state index is -0.777. The highest BCUT2D eigenvalue weighted by molar-refractivity contribution is 7.11. The Balaban J connectivity index is 1.93. The zero-order valence-corrected chi connectivity index (χ0v) is 16.8. The van der Waals surface area contributed by atoms with Crippen LogP contribution in [0.1, 0.15) is 17.3 Å². The van der Waals surface area contributed by atoms with Gasteiger partial charge in [0.1, 0.15) is 11.1 Å². The minimum absolute atomic E-state index is 0.0128. The van der Waals surface area contributed by atoms with Crippen molar-refractivity contribution < 1.29 is 13.9 Å². The van der Waals surface area contributed by atoms with Gasteiger partial charge in [-0.2, -0.15) is 0 Å². The minimum Gasteiger partial charge on any atom is -0.462 e. The first kappa shape index (κ1) is 19.4. The van der Waals surface area contributed by atoms with E-state index in [2.05, 4.69) is 20.1 Å². The van der Waals surface area contributed by atoms with Gasteiger partial charge in [-0.05, 0) is 20.0 Å². The van der Waals surface area contributed by atoms with E-state index >= 15 is 0 Å². The molecular formula is C18H19FN6O3S. The van der Waals surface area contributed by atoms with Gasteiger partial charge in [0.25, 0.3) is 0 Å². The van der Waals surface area contributed by atoms with Crippen molar-refractivity contribution in [3.8, 4) is 5.13 Å². The summed E-state index contributed by atoms with van der Waals surface area (Å²) in [6.07, 6.45) is 1.34. The zero-order valence-electron chi connectivity index (χ0n) is 16.0. The molecule has 0 aromatic carbocycles. The first-order valence-corrected chi connectivity index (χ1v) is 10.0. The third-order valence-electron chi connectivity index (χ3n) is 4.77. The number of halogens is 1. The Bertz CT molecular complexity index is 1110. The maximum absolute atomic E-state index is 14.9. The molecule has 0 spiro atoms. The number of hydrogen-bond donors (Lipinski definition) is 0. The van der Waals surface area contributed by atoms with Gasteiger partial charge in [-0.3, -0.25) is 9.36 Å². The lowest BCUT2D eigenvalue weighted by Gasteiger charge is -2.33. The van der Waals surface area contributed by atoms with Crippen LogP contribution in [0.15, 0.2) is 22.6 Å². The zero-order chi connectivity index (χ0) is 20.5. The average Bonchev–Trinajstić information content (AvgIpc) is 3.24. The number of esters is 1. The van der Waals surface area contributed by atoms with Gasteiger partial charge in [0.15, 0.2) is 17.3 Å². The largest absolute Gasteiger partial charge is 0.462 e. The fourth-order valence-electron chi connectivity index (χ4n) is 3.23. The van der Waals surface area contributed by atoms with E-state index in [0.29, 0.717) is 18.2 Å². The molecule has 0 unspecified atom stereocenters. The number of nitrogens with zero attached hydrogens (tertiary/aromatic N) is 6. The predicted octanol–water partition coefficient (Wildman–Crippen LogP) is 1.30. The molecule has 0 radical (unpaired) electrons. The molecule has 0 amide bonds. The third kappa shape index (κ3) is 3.58. The first-order valence-electron chi connectivity index (χ1n) is 9.12. The quantitative estimate of drug-likeness (QED) is 0.586. The molecule has 0 saturated carbocycles. The van der Waals surface area contributed by atoms with Crippen molar-refractivity contribution in [3.05, 3.63) is 39.4 Å². The van der Waals surface area contributed by atoms with Crippen molar-refractivity contribution in [1.29, 1.82) is 0 Å². The molecule has 0 N–H and O–H groups in total. The topological polar surface area (TPSA) is 93.4 Å². The lowest BCUT2D eigenvalue weighted by atomic mass is 10.2. The van der Waals surface area contributed by atoms with E-state index in [9.17, 15) is 14.0 Å². The summed E-state index contributed by atoms with van der Waals surface area (Å²) in [5.74, 6) is -1.21. The van der Waals surface area contributed by atoms with Crippen LogP contribution in [0, 0.1) is 5.82 Å². The maximum atomic E-state index is 14.9. The molecule has 4 rings (SSSR count). The van der Waals surface area contributed by atoms with Gasteiger partial charge in [0.2, 0.25) is 10.6 Å². The van der Waals surface area contributed by atoms with Crippen LogP contribution in [0.4, 0.5) is 10.2 Å². The summed E-state index contributed by atoms with van der Waals surface area (Å²) in [6.45, 7) is 4.57. The number of rotatable bonds is 4. The van der Waals surface area contributed by atoms with Crippen molar-refractivity contribution in [3.63, 3.8) is 0 Å². The standard InChI is InChI=1S/C18H19FN6O3S/c1-3-28-17(27)12-9-25(18-22-20-10-29-18)15-11(14(12)26)8-13(19)16(21-15)24-6-4-23(2)5-7-24/h8-10H,3-7H2,1-2H3. The Kier molecular flexibility index (Phi) is 5.24. The average molecular weight is 418 g/mol. The molecule has 1 aliphatic rings. The van der Waals surface area contributed by atoms with E-state index in [-0.39, 0.29) is 29.0 Å². The molecule has 1 saturated heterocycles. The number of hydrogen-bond acceptors (Lipinski definition) is 9. The molecule has 0 aliphatic carbocycles. The molecule has 4 heterocycles. The molecule has 0 bridgehead atoms. The van der Waals surface area contributed by atoms with Gasteiger partial charge < -0.3 is 14.5 Å². The second kappa shape index (κ2) is 7.84. The van der Waals surface area contributed by atoms with E-state index in [4.69, 9.17) is 4.74 Å².